The summed E-state index contributed by atoms with van der Waals surface area (Å²) < 4.78 is 46.0. The van der Waals surface area contributed by atoms with Gasteiger partial charge in [-0.1, -0.05) is 18.6 Å². The molecule has 0 unspecified atom stereocenters. The van der Waals surface area contributed by atoms with Crippen LogP contribution < -0.4 is 16.4 Å². The molecule has 5 rings (SSSR count). The molecule has 1 saturated carbocycles. The number of alkyl halides is 3. The summed E-state index contributed by atoms with van der Waals surface area (Å²) in [7, 11) is 1.56. The van der Waals surface area contributed by atoms with Crippen molar-refractivity contribution in [3.63, 3.8) is 0 Å². The molecule has 0 saturated heterocycles. The molecule has 1 aliphatic rings. The number of hydrogen-bond donors (Lipinski definition) is 3. The van der Waals surface area contributed by atoms with Crippen molar-refractivity contribution in [1.82, 2.24) is 24.7 Å². The third-order valence-electron chi connectivity index (χ3n) is 7.30. The number of methoxy groups -OCH3 is 1. The maximum Gasteiger partial charge on any atom is 0.416 e. The first-order valence-corrected chi connectivity index (χ1v) is 13.5. The van der Waals surface area contributed by atoms with Gasteiger partial charge in [-0.25, -0.2) is 15.0 Å². The van der Waals surface area contributed by atoms with E-state index in [-0.39, 0.29) is 29.2 Å². The Morgan fingerprint density at radius 3 is 2.64 bits per heavy atom. The second-order valence-electron chi connectivity index (χ2n) is 10.2. The number of carbonyl (C=O) groups is 2. The molecule has 1 fully saturated rings. The van der Waals surface area contributed by atoms with Crippen LogP contribution in [-0.4, -0.2) is 50.9 Å². The van der Waals surface area contributed by atoms with Gasteiger partial charge in [0.15, 0.2) is 0 Å². The molecule has 2 atom stereocenters. The minimum Gasteiger partial charge on any atom is -0.384 e. The van der Waals surface area contributed by atoms with Crippen LogP contribution in [0, 0.1) is 0 Å². The number of aromatic nitrogens is 4. The lowest BCUT2D eigenvalue weighted by Gasteiger charge is -2.29. The van der Waals surface area contributed by atoms with Crippen LogP contribution in [0.15, 0.2) is 55.0 Å². The number of nitrogens with zero attached hydrogens (tertiary/aromatic N) is 4. The molecule has 3 heterocycles. The average Bonchev–Trinajstić information content (AvgIpc) is 3.37. The van der Waals surface area contributed by atoms with E-state index in [0.29, 0.717) is 35.6 Å². The quantitative estimate of drug-likeness (QED) is 0.271. The Kier molecular flexibility index (Phi) is 8.39. The number of benzene rings is 1. The summed E-state index contributed by atoms with van der Waals surface area (Å²) in [5.74, 6) is 0.317. The molecule has 3 aromatic heterocycles. The van der Waals surface area contributed by atoms with Gasteiger partial charge in [-0.2, -0.15) is 13.2 Å². The van der Waals surface area contributed by atoms with Crippen LogP contribution in [0.25, 0.3) is 16.8 Å². The Labute approximate surface area is 239 Å². The van der Waals surface area contributed by atoms with E-state index >= 15 is 0 Å². The van der Waals surface area contributed by atoms with E-state index in [0.717, 1.165) is 49.8 Å². The highest BCUT2D eigenvalue weighted by atomic mass is 19.4. The topological polar surface area (TPSA) is 137 Å². The molecule has 4 N–H and O–H groups in total. The van der Waals surface area contributed by atoms with E-state index < -0.39 is 17.6 Å². The maximum atomic E-state index is 13.0. The number of imidazole rings is 1. The van der Waals surface area contributed by atoms with Crippen molar-refractivity contribution in [3.8, 4) is 11.3 Å². The molecule has 2 amide bonds. The summed E-state index contributed by atoms with van der Waals surface area (Å²) in [4.78, 5) is 38.1. The minimum absolute atomic E-state index is 0.0206. The number of pyridine rings is 1. The first-order chi connectivity index (χ1) is 20.1. The highest BCUT2D eigenvalue weighted by Crippen LogP contribution is 2.37. The van der Waals surface area contributed by atoms with Crippen LogP contribution >= 0.6 is 0 Å². The van der Waals surface area contributed by atoms with Gasteiger partial charge in [0.2, 0.25) is 5.91 Å². The summed E-state index contributed by atoms with van der Waals surface area (Å²) in [6.07, 6.45) is 3.59. The second-order valence-corrected chi connectivity index (χ2v) is 10.2. The SMILES string of the molecule is COCCC(=O)N[C@@H]1CCC[C@@H](c2nc(-c3ccc(C(=O)Nc4cc(C(F)(F)F)ccn4)cc3)c3c(N)nccn23)C1. The Morgan fingerprint density at radius 1 is 1.12 bits per heavy atom. The lowest BCUT2D eigenvalue weighted by Crippen LogP contribution is -2.38. The summed E-state index contributed by atoms with van der Waals surface area (Å²) in [5.41, 5.74) is 7.52. The smallest absolute Gasteiger partial charge is 0.384 e. The van der Waals surface area contributed by atoms with Gasteiger partial charge in [0.05, 0.1) is 12.2 Å². The molecule has 1 aromatic carbocycles. The number of ether oxygens (including phenoxy) is 1. The van der Waals surface area contributed by atoms with Crippen molar-refractivity contribution in [3.05, 3.63) is 71.9 Å². The molecule has 0 bridgehead atoms. The molecule has 0 spiro atoms. The molecule has 0 aliphatic heterocycles. The maximum absolute atomic E-state index is 13.0. The van der Waals surface area contributed by atoms with Crippen molar-refractivity contribution in [2.45, 2.75) is 50.2 Å². The van der Waals surface area contributed by atoms with Crippen molar-refractivity contribution in [2.24, 2.45) is 0 Å². The van der Waals surface area contributed by atoms with Crippen molar-refractivity contribution in [1.29, 1.82) is 0 Å². The Balaban J connectivity index is 1.37. The molecule has 220 valence electrons. The fourth-order valence-corrected chi connectivity index (χ4v) is 5.27. The van der Waals surface area contributed by atoms with Crippen LogP contribution in [0.2, 0.25) is 0 Å². The van der Waals surface area contributed by atoms with Crippen LogP contribution in [0.5, 0.6) is 0 Å². The number of nitrogens with two attached hydrogens (primary N) is 1. The van der Waals surface area contributed by atoms with E-state index in [1.807, 2.05) is 10.6 Å². The fourth-order valence-electron chi connectivity index (χ4n) is 5.27. The number of anilines is 2. The summed E-state index contributed by atoms with van der Waals surface area (Å²) >= 11 is 0. The molecule has 13 heteroatoms. The van der Waals surface area contributed by atoms with E-state index in [2.05, 4.69) is 20.6 Å². The first-order valence-electron chi connectivity index (χ1n) is 13.5. The molecule has 1 aliphatic carbocycles. The van der Waals surface area contributed by atoms with Gasteiger partial charge in [-0.05, 0) is 43.5 Å². The zero-order chi connectivity index (χ0) is 29.9. The number of halogens is 3. The minimum atomic E-state index is -4.55. The van der Waals surface area contributed by atoms with Crippen LogP contribution in [0.4, 0.5) is 24.8 Å². The molecular weight excluding hydrogens is 551 g/mol. The molecule has 10 nitrogen and oxygen atoms in total. The lowest BCUT2D eigenvalue weighted by molar-refractivity contribution is -0.137. The van der Waals surface area contributed by atoms with E-state index in [1.165, 1.54) is 0 Å². The largest absolute Gasteiger partial charge is 0.416 e. The van der Waals surface area contributed by atoms with Gasteiger partial charge in [0.1, 0.15) is 28.7 Å². The predicted molar refractivity (Wildman–Crippen MR) is 150 cm³/mol. The zero-order valence-corrected chi connectivity index (χ0v) is 22.8. The van der Waals surface area contributed by atoms with Gasteiger partial charge in [0.25, 0.3) is 5.91 Å². The first kappa shape index (κ1) is 29.0. The number of carbonyl (C=O) groups excluding carboxylic acids is 2. The van der Waals surface area contributed by atoms with Crippen LogP contribution in [0.3, 0.4) is 0 Å². The van der Waals surface area contributed by atoms with E-state index in [4.69, 9.17) is 15.5 Å². The highest BCUT2D eigenvalue weighted by Gasteiger charge is 2.31. The number of hydrogen-bond acceptors (Lipinski definition) is 7. The standard InChI is InChI=1S/C29H30F3N7O3/c1-42-14-10-23(40)36-21-4-2-3-19(15-21)27-38-24(25-26(33)35-12-13-39(25)27)17-5-7-18(8-6-17)28(41)37-22-16-20(9-11-34-22)29(30,31)32/h5-9,11-13,16,19,21H,2-4,10,14-15H2,1H3,(H2,33,35)(H,36,40)(H,34,37,41)/t19-,21-/m1/s1. The third-order valence-corrected chi connectivity index (χ3v) is 7.30. The zero-order valence-electron chi connectivity index (χ0n) is 22.8. The van der Waals surface area contributed by atoms with Gasteiger partial charge in [-0.3, -0.25) is 14.0 Å². The number of nitrogen functional groups attached to an aromatic ring is 1. The van der Waals surface area contributed by atoms with Gasteiger partial charge < -0.3 is 21.1 Å². The Bertz CT molecular complexity index is 1590. The Morgan fingerprint density at radius 2 is 1.90 bits per heavy atom. The average molecular weight is 582 g/mol. The molecular formula is C29H30F3N7O3. The monoisotopic (exact) mass is 581 g/mol. The normalized spacial score (nSPS) is 17.2. The number of nitrogens with one attached hydrogen (secondary N) is 2. The molecule has 42 heavy (non-hydrogen) atoms. The van der Waals surface area contributed by atoms with Crippen molar-refractivity contribution in [2.75, 3.05) is 24.8 Å². The number of fused-ring (bicyclic) bond motifs is 1. The number of amides is 2. The summed E-state index contributed by atoms with van der Waals surface area (Å²) in [6.45, 7) is 0.366. The van der Waals surface area contributed by atoms with E-state index in [1.54, 1.807) is 37.6 Å². The summed E-state index contributed by atoms with van der Waals surface area (Å²) in [5, 5.41) is 5.51. The van der Waals surface area contributed by atoms with Crippen LogP contribution in [-0.2, 0) is 15.7 Å². The summed E-state index contributed by atoms with van der Waals surface area (Å²) in [6, 6.07) is 8.15. The van der Waals surface area contributed by atoms with Crippen molar-refractivity contribution >= 4 is 29.0 Å². The molecule has 4 aromatic rings. The third kappa shape index (κ3) is 6.35. The van der Waals surface area contributed by atoms with E-state index in [9.17, 15) is 22.8 Å². The predicted octanol–water partition coefficient (Wildman–Crippen LogP) is 4.82. The lowest BCUT2D eigenvalue weighted by atomic mass is 9.85. The van der Waals surface area contributed by atoms with Gasteiger partial charge >= 0.3 is 6.18 Å². The van der Waals surface area contributed by atoms with Gasteiger partial charge in [-0.15, -0.1) is 0 Å². The number of rotatable bonds is 8. The van der Waals surface area contributed by atoms with Gasteiger partial charge in [0, 0.05) is 55.2 Å². The van der Waals surface area contributed by atoms with Crippen molar-refractivity contribution < 1.29 is 27.5 Å². The highest BCUT2D eigenvalue weighted by molar-refractivity contribution is 6.04. The second kappa shape index (κ2) is 12.1. The fraction of sp³-hybridized carbons (Fsp3) is 0.345. The molecule has 0 radical (unpaired) electrons. The van der Waals surface area contributed by atoms with Crippen LogP contribution in [0.1, 0.15) is 59.8 Å². The Hall–Kier alpha value is -4.52.